The fourth-order valence-corrected chi connectivity index (χ4v) is 3.80. The van der Waals surface area contributed by atoms with Crippen molar-refractivity contribution < 1.29 is 18.7 Å². The molecule has 0 saturated carbocycles. The van der Waals surface area contributed by atoms with Crippen LogP contribution in [0.1, 0.15) is 15.9 Å². The minimum Gasteiger partial charge on any atom is -0.494 e. The highest BCUT2D eigenvalue weighted by Crippen LogP contribution is 2.33. The van der Waals surface area contributed by atoms with Gasteiger partial charge in [0.15, 0.2) is 11.7 Å². The van der Waals surface area contributed by atoms with E-state index in [0.29, 0.717) is 28.4 Å². The van der Waals surface area contributed by atoms with Crippen LogP contribution in [0.25, 0.3) is 0 Å². The van der Waals surface area contributed by atoms with Crippen molar-refractivity contribution in [1.82, 2.24) is 4.90 Å². The van der Waals surface area contributed by atoms with Gasteiger partial charge in [0.05, 0.1) is 18.4 Å². The van der Waals surface area contributed by atoms with Crippen LogP contribution >= 0.6 is 0 Å². The van der Waals surface area contributed by atoms with E-state index in [-0.39, 0.29) is 11.7 Å². The molecule has 1 saturated heterocycles. The Labute approximate surface area is 198 Å². The van der Waals surface area contributed by atoms with Crippen molar-refractivity contribution in [2.24, 2.45) is 0 Å². The number of rotatable bonds is 8. The number of nitrogens with one attached hydrogen (secondary N) is 2. The molecule has 176 valence electrons. The molecule has 4 rings (SSSR count). The molecule has 1 aromatic heterocycles. The summed E-state index contributed by atoms with van der Waals surface area (Å²) >= 11 is 0. The number of carbonyl (C=O) groups is 2. The molecule has 3 aromatic rings. The summed E-state index contributed by atoms with van der Waals surface area (Å²) in [5.74, 6) is 0.548. The second kappa shape index (κ2) is 10.3. The first-order valence-corrected chi connectivity index (χ1v) is 11.0. The van der Waals surface area contributed by atoms with Gasteiger partial charge in [-0.2, -0.15) is 0 Å². The zero-order chi connectivity index (χ0) is 24.1. The number of piperazine rings is 1. The van der Waals surface area contributed by atoms with Crippen molar-refractivity contribution in [1.29, 1.82) is 0 Å². The Morgan fingerprint density at radius 3 is 2.59 bits per heavy atom. The SMILES string of the molecule is C=CC(=O)Nc1cccc(C(=O)c2coc(Nc3ccc(N4CCN(C)CC4)cc3OC)c2)c1. The van der Waals surface area contributed by atoms with E-state index in [2.05, 4.69) is 34.1 Å². The maximum absolute atomic E-state index is 12.9. The molecule has 0 spiro atoms. The van der Waals surface area contributed by atoms with Gasteiger partial charge in [-0.25, -0.2) is 0 Å². The van der Waals surface area contributed by atoms with E-state index in [0.717, 1.165) is 37.6 Å². The van der Waals surface area contributed by atoms with Crippen LogP contribution in [-0.4, -0.2) is 56.9 Å². The van der Waals surface area contributed by atoms with Gasteiger partial charge in [0.1, 0.15) is 12.0 Å². The number of hydrogen-bond donors (Lipinski definition) is 2. The minimum atomic E-state index is -0.341. The Kier molecular flexibility index (Phi) is 6.98. The lowest BCUT2D eigenvalue weighted by Crippen LogP contribution is -2.44. The number of ketones is 1. The lowest BCUT2D eigenvalue weighted by molar-refractivity contribution is -0.111. The number of methoxy groups -OCH3 is 1. The molecule has 0 radical (unpaired) electrons. The highest BCUT2D eigenvalue weighted by atomic mass is 16.5. The van der Waals surface area contributed by atoms with Gasteiger partial charge in [0.25, 0.3) is 0 Å². The molecule has 1 aliphatic rings. The van der Waals surface area contributed by atoms with Gasteiger partial charge in [-0.15, -0.1) is 0 Å². The van der Waals surface area contributed by atoms with Crippen LogP contribution in [0.4, 0.5) is 22.9 Å². The molecule has 2 heterocycles. The predicted octanol–water partition coefficient (Wildman–Crippen LogP) is 4.14. The monoisotopic (exact) mass is 460 g/mol. The molecule has 0 bridgehead atoms. The van der Waals surface area contributed by atoms with E-state index in [9.17, 15) is 9.59 Å². The van der Waals surface area contributed by atoms with Crippen LogP contribution in [0.15, 0.2) is 71.9 Å². The molecule has 2 N–H and O–H groups in total. The molecule has 0 atom stereocenters. The zero-order valence-corrected chi connectivity index (χ0v) is 19.3. The van der Waals surface area contributed by atoms with Crippen LogP contribution in [-0.2, 0) is 4.79 Å². The molecule has 8 heteroatoms. The van der Waals surface area contributed by atoms with E-state index < -0.39 is 0 Å². The van der Waals surface area contributed by atoms with Crippen molar-refractivity contribution in [3.63, 3.8) is 0 Å². The molecular weight excluding hydrogens is 432 g/mol. The van der Waals surface area contributed by atoms with E-state index in [4.69, 9.17) is 9.15 Å². The third kappa shape index (κ3) is 5.29. The number of ether oxygens (including phenoxy) is 1. The number of furan rings is 1. The normalized spacial score (nSPS) is 13.9. The Morgan fingerprint density at radius 2 is 1.85 bits per heavy atom. The first kappa shape index (κ1) is 23.1. The van der Waals surface area contributed by atoms with Gasteiger partial charge in [0.2, 0.25) is 5.91 Å². The number of amides is 1. The molecule has 2 aromatic carbocycles. The smallest absolute Gasteiger partial charge is 0.247 e. The van der Waals surface area contributed by atoms with Crippen molar-refractivity contribution in [3.05, 3.63) is 78.6 Å². The lowest BCUT2D eigenvalue weighted by atomic mass is 10.1. The van der Waals surface area contributed by atoms with E-state index in [1.54, 1.807) is 37.4 Å². The van der Waals surface area contributed by atoms with Crippen molar-refractivity contribution >= 4 is 34.6 Å². The maximum atomic E-state index is 12.9. The highest BCUT2D eigenvalue weighted by molar-refractivity contribution is 6.10. The van der Waals surface area contributed by atoms with E-state index in [1.165, 1.54) is 12.3 Å². The molecule has 0 aliphatic carbocycles. The Bertz CT molecular complexity index is 1200. The van der Waals surface area contributed by atoms with Crippen LogP contribution in [0, 0.1) is 0 Å². The summed E-state index contributed by atoms with van der Waals surface area (Å²) in [6.45, 7) is 7.41. The van der Waals surface area contributed by atoms with Crippen LogP contribution in [0.2, 0.25) is 0 Å². The molecule has 1 aliphatic heterocycles. The van der Waals surface area contributed by atoms with Gasteiger partial charge in [-0.3, -0.25) is 9.59 Å². The number of anilines is 4. The average Bonchev–Trinajstić information content (AvgIpc) is 3.33. The van der Waals surface area contributed by atoms with Gasteiger partial charge in [-0.1, -0.05) is 18.7 Å². The molecular formula is C26H28N4O4. The first-order valence-electron chi connectivity index (χ1n) is 11.0. The van der Waals surface area contributed by atoms with Gasteiger partial charge in [-0.05, 0) is 37.4 Å². The number of likely N-dealkylation sites (N-methyl/N-ethyl adjacent to an activating group) is 1. The number of benzene rings is 2. The second-order valence-corrected chi connectivity index (χ2v) is 8.10. The average molecular weight is 461 g/mol. The van der Waals surface area contributed by atoms with Crippen molar-refractivity contribution in [2.45, 2.75) is 0 Å². The third-order valence-electron chi connectivity index (χ3n) is 5.75. The third-order valence-corrected chi connectivity index (χ3v) is 5.75. The number of nitrogens with zero attached hydrogens (tertiary/aromatic N) is 2. The van der Waals surface area contributed by atoms with Crippen LogP contribution in [0.5, 0.6) is 5.75 Å². The fourth-order valence-electron chi connectivity index (χ4n) is 3.80. The standard InChI is InChI=1S/C26H28N4O4/c1-4-24(31)27-20-7-5-6-18(14-20)26(32)19-15-25(34-17-19)28-22-9-8-21(16-23(22)33-3)30-12-10-29(2)11-13-30/h4-9,14-17,28H,1,10-13H2,2-3H3,(H,27,31). The minimum absolute atomic E-state index is 0.219. The summed E-state index contributed by atoms with van der Waals surface area (Å²) in [6, 6.07) is 14.4. The first-order chi connectivity index (χ1) is 16.5. The van der Waals surface area contributed by atoms with Crippen LogP contribution < -0.4 is 20.3 Å². The molecule has 34 heavy (non-hydrogen) atoms. The predicted molar refractivity (Wildman–Crippen MR) is 133 cm³/mol. The van der Waals surface area contributed by atoms with Crippen LogP contribution in [0.3, 0.4) is 0 Å². The summed E-state index contributed by atoms with van der Waals surface area (Å²) in [5.41, 5.74) is 3.19. The lowest BCUT2D eigenvalue weighted by Gasteiger charge is -2.34. The van der Waals surface area contributed by atoms with Crippen molar-refractivity contribution in [2.75, 3.05) is 55.9 Å². The molecule has 0 unspecified atom stereocenters. The maximum Gasteiger partial charge on any atom is 0.247 e. The Hall–Kier alpha value is -4.04. The fraction of sp³-hybridized carbons (Fsp3) is 0.231. The molecule has 1 fully saturated rings. The van der Waals surface area contributed by atoms with E-state index in [1.807, 2.05) is 18.2 Å². The quantitative estimate of drug-likeness (QED) is 0.386. The van der Waals surface area contributed by atoms with Gasteiger partial charge < -0.3 is 29.6 Å². The highest BCUT2D eigenvalue weighted by Gasteiger charge is 2.17. The van der Waals surface area contributed by atoms with E-state index >= 15 is 0 Å². The van der Waals surface area contributed by atoms with Gasteiger partial charge >= 0.3 is 0 Å². The zero-order valence-electron chi connectivity index (χ0n) is 19.3. The Balaban J connectivity index is 1.47. The topological polar surface area (TPSA) is 87.0 Å². The number of hydrogen-bond acceptors (Lipinski definition) is 7. The summed E-state index contributed by atoms with van der Waals surface area (Å²) in [5, 5.41) is 5.85. The van der Waals surface area contributed by atoms with Crippen molar-refractivity contribution in [3.8, 4) is 5.75 Å². The summed E-state index contributed by atoms with van der Waals surface area (Å²) in [4.78, 5) is 29.1. The Morgan fingerprint density at radius 1 is 1.06 bits per heavy atom. The van der Waals surface area contributed by atoms with Gasteiger partial charge in [0, 0.05) is 55.2 Å². The summed E-state index contributed by atoms with van der Waals surface area (Å²) in [7, 11) is 3.76. The largest absolute Gasteiger partial charge is 0.494 e. The number of carbonyl (C=O) groups excluding carboxylic acids is 2. The molecule has 1 amide bonds. The second-order valence-electron chi connectivity index (χ2n) is 8.10. The summed E-state index contributed by atoms with van der Waals surface area (Å²) < 4.78 is 11.2. The summed E-state index contributed by atoms with van der Waals surface area (Å²) in [6.07, 6.45) is 2.58. The molecule has 8 nitrogen and oxygen atoms in total.